The third-order valence-electron chi connectivity index (χ3n) is 7.31. The Kier molecular flexibility index (Phi) is 6.84. The van der Waals surface area contributed by atoms with E-state index in [4.69, 9.17) is 0 Å². The summed E-state index contributed by atoms with van der Waals surface area (Å²) in [6.45, 7) is 8.61. The minimum Gasteiger partial charge on any atom is -0.237 e. The van der Waals surface area contributed by atoms with Crippen LogP contribution in [-0.2, 0) is 0 Å². The molecule has 1 aromatic heterocycles. The van der Waals surface area contributed by atoms with Gasteiger partial charge in [-0.15, -0.1) is 0 Å². The van der Waals surface area contributed by atoms with Crippen LogP contribution in [0.3, 0.4) is 0 Å². The number of rotatable bonds is 5. The van der Waals surface area contributed by atoms with Crippen molar-refractivity contribution in [1.82, 2.24) is 9.97 Å². The normalized spacial score (nSPS) is 11.0. The second-order valence-electron chi connectivity index (χ2n) is 10.7. The van der Waals surface area contributed by atoms with Gasteiger partial charge >= 0.3 is 0 Å². The zero-order chi connectivity index (χ0) is 27.6. The van der Waals surface area contributed by atoms with Crippen molar-refractivity contribution in [1.29, 1.82) is 0 Å². The Morgan fingerprint density at radius 3 is 1.35 bits per heavy atom. The number of aromatic nitrogens is 2. The fourth-order valence-electron chi connectivity index (χ4n) is 5.63. The topological polar surface area (TPSA) is 25.8 Å². The van der Waals surface area contributed by atoms with Gasteiger partial charge < -0.3 is 0 Å². The molecule has 0 saturated heterocycles. The molecule has 0 aliphatic carbocycles. The zero-order valence-electron chi connectivity index (χ0n) is 23.4. The van der Waals surface area contributed by atoms with E-state index in [0.29, 0.717) is 0 Å². The summed E-state index contributed by atoms with van der Waals surface area (Å²) in [5.74, 6) is 0.724. The molecule has 40 heavy (non-hydrogen) atoms. The van der Waals surface area contributed by atoms with Crippen LogP contribution in [0.4, 0.5) is 0 Å². The monoisotopic (exact) mass is 516 g/mol. The molecule has 0 saturated carbocycles. The van der Waals surface area contributed by atoms with Crippen LogP contribution in [-0.4, -0.2) is 9.97 Å². The van der Waals surface area contributed by atoms with Gasteiger partial charge in [0.2, 0.25) is 0 Å². The molecular formula is C38H32N2. The van der Waals surface area contributed by atoms with Crippen LogP contribution in [0.5, 0.6) is 0 Å². The third-order valence-corrected chi connectivity index (χ3v) is 7.31. The van der Waals surface area contributed by atoms with Gasteiger partial charge in [-0.3, -0.25) is 0 Å². The van der Waals surface area contributed by atoms with Crippen molar-refractivity contribution in [2.75, 3.05) is 0 Å². The Morgan fingerprint density at radius 1 is 0.350 bits per heavy atom. The molecule has 5 aromatic carbocycles. The van der Waals surface area contributed by atoms with E-state index in [0.717, 1.165) is 28.1 Å². The molecule has 0 atom stereocenters. The van der Waals surface area contributed by atoms with Gasteiger partial charge in [0.1, 0.15) is 0 Å². The molecule has 1 heterocycles. The fourth-order valence-corrected chi connectivity index (χ4v) is 5.63. The van der Waals surface area contributed by atoms with Gasteiger partial charge in [0.15, 0.2) is 5.82 Å². The average Bonchev–Trinajstić information content (AvgIpc) is 2.96. The van der Waals surface area contributed by atoms with E-state index in [-0.39, 0.29) is 0 Å². The molecule has 6 aromatic rings. The molecule has 2 heteroatoms. The van der Waals surface area contributed by atoms with Crippen LogP contribution in [0.2, 0.25) is 0 Å². The second kappa shape index (κ2) is 10.7. The highest BCUT2D eigenvalue weighted by Crippen LogP contribution is 2.37. The van der Waals surface area contributed by atoms with Gasteiger partial charge in [-0.2, -0.15) is 0 Å². The van der Waals surface area contributed by atoms with Crippen molar-refractivity contribution in [3.8, 4) is 55.9 Å². The first-order chi connectivity index (χ1) is 19.4. The summed E-state index contributed by atoms with van der Waals surface area (Å²) in [7, 11) is 0. The maximum Gasteiger partial charge on any atom is 0.159 e. The van der Waals surface area contributed by atoms with Crippen molar-refractivity contribution in [3.05, 3.63) is 144 Å². The summed E-state index contributed by atoms with van der Waals surface area (Å²) in [4.78, 5) is 9.29. The van der Waals surface area contributed by atoms with Gasteiger partial charge in [-0.05, 0) is 96.5 Å². The highest BCUT2D eigenvalue weighted by atomic mass is 14.9. The number of benzene rings is 5. The highest BCUT2D eigenvalue weighted by Gasteiger charge is 2.14. The Bertz CT molecular complexity index is 1790. The number of nitrogens with zero attached hydrogens (tertiary/aromatic N) is 2. The van der Waals surface area contributed by atoms with Crippen molar-refractivity contribution in [2.24, 2.45) is 0 Å². The fraction of sp³-hybridized carbons (Fsp3) is 0.105. The van der Waals surface area contributed by atoms with Crippen LogP contribution in [0.25, 0.3) is 55.9 Å². The van der Waals surface area contributed by atoms with Crippen LogP contribution in [0.15, 0.2) is 122 Å². The largest absolute Gasteiger partial charge is 0.237 e. The second-order valence-corrected chi connectivity index (χ2v) is 10.7. The minimum atomic E-state index is 0.724. The molecule has 0 aliphatic rings. The van der Waals surface area contributed by atoms with Gasteiger partial charge in [-0.1, -0.05) is 107 Å². The van der Waals surface area contributed by atoms with Crippen molar-refractivity contribution in [2.45, 2.75) is 27.7 Å². The molecule has 2 nitrogen and oxygen atoms in total. The summed E-state index contributed by atoms with van der Waals surface area (Å²) < 4.78 is 0. The van der Waals surface area contributed by atoms with Crippen molar-refractivity contribution >= 4 is 0 Å². The molecule has 0 bridgehead atoms. The molecule has 0 radical (unpaired) electrons. The highest BCUT2D eigenvalue weighted by molar-refractivity contribution is 5.87. The molecule has 194 valence electrons. The van der Waals surface area contributed by atoms with Crippen LogP contribution in [0.1, 0.15) is 22.3 Å². The molecule has 0 aliphatic heterocycles. The lowest BCUT2D eigenvalue weighted by atomic mass is 9.91. The summed E-state index contributed by atoms with van der Waals surface area (Å²) >= 11 is 0. The smallest absolute Gasteiger partial charge is 0.159 e. The minimum absolute atomic E-state index is 0.724. The molecule has 0 fully saturated rings. The number of aryl methyl sites for hydroxylation is 4. The standard InChI is InChI=1S/C38H32N2/c1-25-16-26(2)19-34(18-25)30-9-5-8-29(22-30)32-12-13-36(37(24-32)38-39-14-7-15-40-38)33-11-6-10-31(23-33)35-20-27(3)17-28(4)21-35/h5-24H,1-4H3. The third kappa shape index (κ3) is 5.34. The predicted molar refractivity (Wildman–Crippen MR) is 168 cm³/mol. The van der Waals surface area contributed by atoms with Gasteiger partial charge in [0, 0.05) is 18.0 Å². The molecular weight excluding hydrogens is 484 g/mol. The van der Waals surface area contributed by atoms with E-state index >= 15 is 0 Å². The Morgan fingerprint density at radius 2 is 0.800 bits per heavy atom. The average molecular weight is 517 g/mol. The Balaban J connectivity index is 1.47. The summed E-state index contributed by atoms with van der Waals surface area (Å²) in [5.41, 5.74) is 15.6. The first-order valence-electron chi connectivity index (χ1n) is 13.7. The van der Waals surface area contributed by atoms with Gasteiger partial charge in [-0.25, -0.2) is 9.97 Å². The first-order valence-corrected chi connectivity index (χ1v) is 13.7. The quantitative estimate of drug-likeness (QED) is 0.228. The van der Waals surface area contributed by atoms with Crippen LogP contribution < -0.4 is 0 Å². The molecule has 0 N–H and O–H groups in total. The Labute approximate surface area is 237 Å². The van der Waals surface area contributed by atoms with E-state index in [1.54, 1.807) is 0 Å². The van der Waals surface area contributed by atoms with Crippen LogP contribution >= 0.6 is 0 Å². The molecule has 0 spiro atoms. The molecule has 0 unspecified atom stereocenters. The van der Waals surface area contributed by atoms with Crippen molar-refractivity contribution in [3.63, 3.8) is 0 Å². The molecule has 6 rings (SSSR count). The van der Waals surface area contributed by atoms with Crippen molar-refractivity contribution < 1.29 is 0 Å². The predicted octanol–water partition coefficient (Wildman–Crippen LogP) is 10.0. The van der Waals surface area contributed by atoms with Crippen LogP contribution in [0, 0.1) is 27.7 Å². The summed E-state index contributed by atoms with van der Waals surface area (Å²) in [6, 6.07) is 39.5. The van der Waals surface area contributed by atoms with E-state index < -0.39 is 0 Å². The van der Waals surface area contributed by atoms with Gasteiger partial charge in [0.25, 0.3) is 0 Å². The van der Waals surface area contributed by atoms with E-state index in [2.05, 4.69) is 141 Å². The number of hydrogen-bond acceptors (Lipinski definition) is 2. The van der Waals surface area contributed by atoms with Gasteiger partial charge in [0.05, 0.1) is 0 Å². The molecule has 0 amide bonds. The maximum absolute atomic E-state index is 4.65. The lowest BCUT2D eigenvalue weighted by Crippen LogP contribution is -1.93. The van der Waals surface area contributed by atoms with E-state index in [1.807, 2.05) is 18.5 Å². The maximum atomic E-state index is 4.65. The van der Waals surface area contributed by atoms with E-state index in [9.17, 15) is 0 Å². The Hall–Kier alpha value is -4.82. The first kappa shape index (κ1) is 25.5. The lowest BCUT2D eigenvalue weighted by molar-refractivity contribution is 1.18. The van der Waals surface area contributed by atoms with E-state index in [1.165, 1.54) is 50.1 Å². The SMILES string of the molecule is Cc1cc(C)cc(-c2cccc(-c3ccc(-c4cccc(-c5cc(C)cc(C)c5)c4)c(-c4ncccn4)c3)c2)c1. The summed E-state index contributed by atoms with van der Waals surface area (Å²) in [6.07, 6.45) is 3.62. The summed E-state index contributed by atoms with van der Waals surface area (Å²) in [5, 5.41) is 0. The lowest BCUT2D eigenvalue weighted by Gasteiger charge is -2.14. The zero-order valence-corrected chi connectivity index (χ0v) is 23.4. The number of hydrogen-bond donors (Lipinski definition) is 0.